The van der Waals surface area contributed by atoms with Gasteiger partial charge in [0, 0.05) is 6.20 Å². The van der Waals surface area contributed by atoms with Gasteiger partial charge in [-0.3, -0.25) is 9.78 Å². The Morgan fingerprint density at radius 2 is 1.85 bits per heavy atom. The molecule has 0 aliphatic heterocycles. The van der Waals surface area contributed by atoms with Gasteiger partial charge in [0.05, 0.1) is 17.4 Å². The lowest BCUT2D eigenvalue weighted by Crippen LogP contribution is -2.14. The second kappa shape index (κ2) is 5.16. The standard InChI is InChI=1S/C12H9F3N4O/c13-12(14,15)9-3-1-7(5-17-9)11(20)19-8-2-4-10(16)18-6-8/h1-6H,(H2,16,18)(H,19,20). The Hall–Kier alpha value is -2.64. The van der Waals surface area contributed by atoms with E-state index in [2.05, 4.69) is 15.3 Å². The number of amides is 1. The average molecular weight is 282 g/mol. The summed E-state index contributed by atoms with van der Waals surface area (Å²) in [6.45, 7) is 0. The maximum atomic E-state index is 12.3. The van der Waals surface area contributed by atoms with E-state index in [9.17, 15) is 18.0 Å². The Bertz CT molecular complexity index is 608. The molecular formula is C12H9F3N4O. The topological polar surface area (TPSA) is 80.9 Å². The van der Waals surface area contributed by atoms with Crippen LogP contribution in [0.1, 0.15) is 16.1 Å². The molecule has 0 aromatic carbocycles. The zero-order valence-corrected chi connectivity index (χ0v) is 9.98. The number of nitrogens with two attached hydrogens (primary N) is 1. The van der Waals surface area contributed by atoms with Gasteiger partial charge < -0.3 is 11.1 Å². The van der Waals surface area contributed by atoms with E-state index in [4.69, 9.17) is 5.73 Å². The van der Waals surface area contributed by atoms with Gasteiger partial charge in [0.2, 0.25) is 0 Å². The molecule has 0 saturated heterocycles. The van der Waals surface area contributed by atoms with Crippen molar-refractivity contribution in [1.29, 1.82) is 0 Å². The van der Waals surface area contributed by atoms with Crippen molar-refractivity contribution in [1.82, 2.24) is 9.97 Å². The number of aromatic nitrogens is 2. The molecule has 3 N–H and O–H groups in total. The number of pyridine rings is 2. The van der Waals surface area contributed by atoms with Crippen LogP contribution >= 0.6 is 0 Å². The van der Waals surface area contributed by atoms with Gasteiger partial charge in [0.25, 0.3) is 5.91 Å². The van der Waals surface area contributed by atoms with Gasteiger partial charge in [-0.25, -0.2) is 4.98 Å². The lowest BCUT2D eigenvalue weighted by molar-refractivity contribution is -0.141. The second-order valence-corrected chi connectivity index (χ2v) is 3.86. The van der Waals surface area contributed by atoms with Crippen molar-refractivity contribution >= 4 is 17.4 Å². The van der Waals surface area contributed by atoms with Crippen molar-refractivity contribution in [3.8, 4) is 0 Å². The molecule has 1 amide bonds. The third kappa shape index (κ3) is 3.22. The van der Waals surface area contributed by atoms with Crippen LogP contribution in [0.25, 0.3) is 0 Å². The van der Waals surface area contributed by atoms with Gasteiger partial charge in [0.1, 0.15) is 11.5 Å². The number of carbonyl (C=O) groups excluding carboxylic acids is 1. The summed E-state index contributed by atoms with van der Waals surface area (Å²) in [6.07, 6.45) is -2.33. The number of hydrogen-bond acceptors (Lipinski definition) is 4. The minimum absolute atomic E-state index is 0.00910. The van der Waals surface area contributed by atoms with E-state index in [1.54, 1.807) is 0 Å². The molecule has 5 nitrogen and oxygen atoms in total. The van der Waals surface area contributed by atoms with E-state index in [1.807, 2.05) is 0 Å². The lowest BCUT2D eigenvalue weighted by atomic mass is 10.2. The molecule has 0 atom stereocenters. The van der Waals surface area contributed by atoms with Crippen LogP contribution in [-0.2, 0) is 6.18 Å². The quantitative estimate of drug-likeness (QED) is 0.885. The third-order valence-electron chi connectivity index (χ3n) is 2.36. The summed E-state index contributed by atoms with van der Waals surface area (Å²) in [7, 11) is 0. The van der Waals surface area contributed by atoms with Crippen molar-refractivity contribution in [2.24, 2.45) is 0 Å². The van der Waals surface area contributed by atoms with Crippen LogP contribution in [-0.4, -0.2) is 15.9 Å². The Balaban J connectivity index is 2.11. The third-order valence-corrected chi connectivity index (χ3v) is 2.36. The highest BCUT2D eigenvalue weighted by molar-refractivity contribution is 6.03. The molecule has 8 heteroatoms. The van der Waals surface area contributed by atoms with Crippen LogP contribution in [0.5, 0.6) is 0 Å². The molecule has 2 aromatic rings. The molecule has 0 unspecified atom stereocenters. The maximum Gasteiger partial charge on any atom is 0.433 e. The molecule has 2 rings (SSSR count). The fourth-order valence-corrected chi connectivity index (χ4v) is 1.38. The predicted molar refractivity (Wildman–Crippen MR) is 65.8 cm³/mol. The summed E-state index contributed by atoms with van der Waals surface area (Å²) in [6, 6.07) is 4.81. The van der Waals surface area contributed by atoms with Crippen molar-refractivity contribution in [3.05, 3.63) is 47.9 Å². The Labute approximate surface area is 111 Å². The molecule has 0 saturated carbocycles. The van der Waals surface area contributed by atoms with E-state index in [0.29, 0.717) is 11.5 Å². The molecule has 0 aliphatic rings. The minimum atomic E-state index is -4.53. The number of carbonyl (C=O) groups is 1. The largest absolute Gasteiger partial charge is 0.433 e. The molecular weight excluding hydrogens is 273 g/mol. The van der Waals surface area contributed by atoms with Gasteiger partial charge in [-0.05, 0) is 24.3 Å². The summed E-state index contributed by atoms with van der Waals surface area (Å²) < 4.78 is 37.0. The SMILES string of the molecule is Nc1ccc(NC(=O)c2ccc(C(F)(F)F)nc2)cn1. The van der Waals surface area contributed by atoms with Crippen LogP contribution in [0.4, 0.5) is 24.7 Å². The molecule has 0 radical (unpaired) electrons. The van der Waals surface area contributed by atoms with Crippen molar-refractivity contribution in [3.63, 3.8) is 0 Å². The van der Waals surface area contributed by atoms with E-state index in [1.165, 1.54) is 18.3 Å². The average Bonchev–Trinajstić information content (AvgIpc) is 2.40. The Morgan fingerprint density at radius 3 is 2.35 bits per heavy atom. The van der Waals surface area contributed by atoms with Gasteiger partial charge in [-0.15, -0.1) is 0 Å². The number of nitrogen functional groups attached to an aromatic ring is 1. The summed E-state index contributed by atoms with van der Waals surface area (Å²) in [4.78, 5) is 18.7. The fraction of sp³-hybridized carbons (Fsp3) is 0.0833. The fourth-order valence-electron chi connectivity index (χ4n) is 1.38. The van der Waals surface area contributed by atoms with Gasteiger partial charge in [-0.1, -0.05) is 0 Å². The van der Waals surface area contributed by atoms with Crippen LogP contribution in [0, 0.1) is 0 Å². The number of hydrogen-bond donors (Lipinski definition) is 2. The van der Waals surface area contributed by atoms with Gasteiger partial charge >= 0.3 is 6.18 Å². The molecule has 2 heterocycles. The number of rotatable bonds is 2. The van der Waals surface area contributed by atoms with E-state index >= 15 is 0 Å². The predicted octanol–water partition coefficient (Wildman–Crippen LogP) is 2.33. The summed E-state index contributed by atoms with van der Waals surface area (Å²) in [5, 5.41) is 2.47. The lowest BCUT2D eigenvalue weighted by Gasteiger charge is -2.07. The van der Waals surface area contributed by atoms with Crippen molar-refractivity contribution < 1.29 is 18.0 Å². The van der Waals surface area contributed by atoms with Crippen molar-refractivity contribution in [2.75, 3.05) is 11.1 Å². The number of nitrogens with zero attached hydrogens (tertiary/aromatic N) is 2. The zero-order chi connectivity index (χ0) is 14.8. The maximum absolute atomic E-state index is 12.3. The molecule has 0 spiro atoms. The smallest absolute Gasteiger partial charge is 0.384 e. The second-order valence-electron chi connectivity index (χ2n) is 3.86. The zero-order valence-electron chi connectivity index (χ0n) is 9.98. The van der Waals surface area contributed by atoms with Crippen LogP contribution < -0.4 is 11.1 Å². The monoisotopic (exact) mass is 282 g/mol. The molecule has 0 bridgehead atoms. The van der Waals surface area contributed by atoms with Crippen molar-refractivity contribution in [2.45, 2.75) is 6.18 Å². The summed E-state index contributed by atoms with van der Waals surface area (Å²) in [5.74, 6) is -0.294. The molecule has 20 heavy (non-hydrogen) atoms. The number of alkyl halides is 3. The van der Waals surface area contributed by atoms with E-state index in [0.717, 1.165) is 18.3 Å². The molecule has 0 aliphatic carbocycles. The van der Waals surface area contributed by atoms with E-state index < -0.39 is 17.8 Å². The van der Waals surface area contributed by atoms with Gasteiger partial charge in [-0.2, -0.15) is 13.2 Å². The van der Waals surface area contributed by atoms with Gasteiger partial charge in [0.15, 0.2) is 0 Å². The number of anilines is 2. The highest BCUT2D eigenvalue weighted by atomic mass is 19.4. The highest BCUT2D eigenvalue weighted by Crippen LogP contribution is 2.27. The first kappa shape index (κ1) is 13.8. The van der Waals surface area contributed by atoms with Crippen LogP contribution in [0.2, 0.25) is 0 Å². The first-order chi connectivity index (χ1) is 9.36. The molecule has 104 valence electrons. The molecule has 0 fully saturated rings. The summed E-state index contributed by atoms with van der Waals surface area (Å²) >= 11 is 0. The Kier molecular flexibility index (Phi) is 3.55. The Morgan fingerprint density at radius 1 is 1.10 bits per heavy atom. The normalized spacial score (nSPS) is 11.2. The van der Waals surface area contributed by atoms with E-state index in [-0.39, 0.29) is 5.56 Å². The summed E-state index contributed by atoms with van der Waals surface area (Å²) in [5.41, 5.74) is 4.72. The first-order valence-corrected chi connectivity index (χ1v) is 5.42. The molecule has 2 aromatic heterocycles. The first-order valence-electron chi connectivity index (χ1n) is 5.42. The number of nitrogens with one attached hydrogen (secondary N) is 1. The minimum Gasteiger partial charge on any atom is -0.384 e. The highest BCUT2D eigenvalue weighted by Gasteiger charge is 2.32. The van der Waals surface area contributed by atoms with Crippen LogP contribution in [0.15, 0.2) is 36.7 Å². The number of halogens is 3. The van der Waals surface area contributed by atoms with Crippen LogP contribution in [0.3, 0.4) is 0 Å².